The molecule has 0 saturated heterocycles. The second-order valence-electron chi connectivity index (χ2n) is 2.86. The average Bonchev–Trinajstić information content (AvgIpc) is 2.16. The summed E-state index contributed by atoms with van der Waals surface area (Å²) in [7, 11) is 0. The topological polar surface area (TPSA) is 43.1 Å². The molecule has 0 aromatic rings. The Kier molecular flexibility index (Phi) is 5.22. The largest absolute Gasteiger partial charge is 0.268 e. The molecule has 0 aliphatic heterocycles. The van der Waals surface area contributed by atoms with Crippen LogP contribution in [0.3, 0.4) is 0 Å². The molecule has 0 N–H and O–H groups in total. The van der Waals surface area contributed by atoms with Crippen LogP contribution in [0.25, 0.3) is 0 Å². The zero-order valence-electron chi connectivity index (χ0n) is 8.62. The minimum absolute atomic E-state index is 0.00625. The maximum absolute atomic E-state index is 10.4. The van der Waals surface area contributed by atoms with E-state index in [1.807, 2.05) is 13.8 Å². The fourth-order valence-corrected chi connectivity index (χ4v) is 0.811. The molecule has 0 atom stereocenters. The van der Waals surface area contributed by atoms with Crippen molar-refractivity contribution in [1.82, 2.24) is 0 Å². The van der Waals surface area contributed by atoms with E-state index in [2.05, 4.69) is 13.2 Å². The average molecular weight is 193 g/mol. The van der Waals surface area contributed by atoms with Gasteiger partial charge in [0.15, 0.2) is 0 Å². The highest BCUT2D eigenvalue weighted by Crippen LogP contribution is 2.11. The highest BCUT2D eigenvalue weighted by atomic mass is 16.6. The molecule has 0 amide bonds. The van der Waals surface area contributed by atoms with Crippen molar-refractivity contribution in [2.24, 2.45) is 0 Å². The van der Waals surface area contributed by atoms with E-state index in [4.69, 9.17) is 0 Å². The van der Waals surface area contributed by atoms with Crippen LogP contribution in [-0.2, 0) is 0 Å². The lowest BCUT2D eigenvalue weighted by Gasteiger charge is -1.99. The molecule has 0 unspecified atom stereocenters. The Balaban J connectivity index is 4.74. The molecule has 0 radical (unpaired) electrons. The minimum atomic E-state index is -0.467. The predicted octanol–water partition coefficient (Wildman–Crippen LogP) is 3.25. The molecule has 3 heteroatoms. The third-order valence-corrected chi connectivity index (χ3v) is 1.91. The van der Waals surface area contributed by atoms with Gasteiger partial charge in [0.1, 0.15) is 0 Å². The van der Waals surface area contributed by atoms with E-state index in [1.165, 1.54) is 12.2 Å². The predicted molar refractivity (Wildman–Crippen MR) is 58.5 cm³/mol. The summed E-state index contributed by atoms with van der Waals surface area (Å²) in [4.78, 5) is 9.93. The first-order valence-corrected chi connectivity index (χ1v) is 4.36. The minimum Gasteiger partial charge on any atom is -0.258 e. The molecule has 0 aromatic carbocycles. The molecule has 76 valence electrons. The molecule has 0 aromatic heterocycles. The van der Waals surface area contributed by atoms with Crippen LogP contribution in [0.5, 0.6) is 0 Å². The Morgan fingerprint density at radius 3 is 2.43 bits per heavy atom. The van der Waals surface area contributed by atoms with Crippen molar-refractivity contribution < 1.29 is 4.92 Å². The van der Waals surface area contributed by atoms with Crippen molar-refractivity contribution in [3.05, 3.63) is 58.3 Å². The van der Waals surface area contributed by atoms with E-state index < -0.39 is 4.92 Å². The molecule has 0 rings (SSSR count). The Bertz CT molecular complexity index is 311. The number of nitrogens with zero attached hydrogens (tertiary/aromatic N) is 1. The quantitative estimate of drug-likeness (QED) is 0.382. The van der Waals surface area contributed by atoms with Gasteiger partial charge in [-0.2, -0.15) is 0 Å². The molecule has 0 spiro atoms. The molecule has 3 nitrogen and oxygen atoms in total. The monoisotopic (exact) mass is 193 g/mol. The molecular weight excluding hydrogens is 178 g/mol. The zero-order valence-corrected chi connectivity index (χ0v) is 8.62. The van der Waals surface area contributed by atoms with Crippen LogP contribution >= 0.6 is 0 Å². The van der Waals surface area contributed by atoms with Crippen molar-refractivity contribution in [1.29, 1.82) is 0 Å². The van der Waals surface area contributed by atoms with Crippen LogP contribution in [-0.4, -0.2) is 4.92 Å². The zero-order chi connectivity index (χ0) is 11.1. The lowest BCUT2D eigenvalue weighted by Crippen LogP contribution is -1.94. The van der Waals surface area contributed by atoms with Gasteiger partial charge in [0.05, 0.1) is 4.92 Å². The summed E-state index contributed by atoms with van der Waals surface area (Å²) in [5, 5.41) is 10.4. The highest BCUT2D eigenvalue weighted by Gasteiger charge is 2.02. The molecule has 0 aliphatic rings. The first kappa shape index (κ1) is 12.4. The number of hydrogen-bond donors (Lipinski definition) is 0. The Morgan fingerprint density at radius 1 is 1.50 bits per heavy atom. The van der Waals surface area contributed by atoms with Gasteiger partial charge in [0, 0.05) is 12.2 Å². The van der Waals surface area contributed by atoms with Gasteiger partial charge >= 0.3 is 0 Å². The summed E-state index contributed by atoms with van der Waals surface area (Å²) >= 11 is 0. The van der Waals surface area contributed by atoms with E-state index in [0.29, 0.717) is 0 Å². The van der Waals surface area contributed by atoms with Crippen molar-refractivity contribution in [3.8, 4) is 0 Å². The standard InChI is InChI=1S/C11H15NO2/c1-5-9(3)10(4)7-8-11(6-2)12(13)14/h6-8H,2-3,5H2,1,4H3/b10-7-,11-8+. The van der Waals surface area contributed by atoms with Crippen LogP contribution < -0.4 is 0 Å². The molecule has 0 fully saturated rings. The number of nitro groups is 1. The smallest absolute Gasteiger partial charge is 0.258 e. The van der Waals surface area contributed by atoms with E-state index in [-0.39, 0.29) is 5.70 Å². The number of hydrogen-bond acceptors (Lipinski definition) is 2. The lowest BCUT2D eigenvalue weighted by molar-refractivity contribution is -0.418. The van der Waals surface area contributed by atoms with E-state index in [1.54, 1.807) is 6.08 Å². The summed E-state index contributed by atoms with van der Waals surface area (Å²) in [6, 6.07) is 0. The summed E-state index contributed by atoms with van der Waals surface area (Å²) in [5.41, 5.74) is 1.93. The van der Waals surface area contributed by atoms with Gasteiger partial charge in [0.2, 0.25) is 0 Å². The van der Waals surface area contributed by atoms with Crippen molar-refractivity contribution in [2.45, 2.75) is 20.3 Å². The fraction of sp³-hybridized carbons (Fsp3) is 0.273. The highest BCUT2D eigenvalue weighted by molar-refractivity contribution is 5.31. The van der Waals surface area contributed by atoms with Gasteiger partial charge in [0.25, 0.3) is 5.70 Å². The summed E-state index contributed by atoms with van der Waals surface area (Å²) in [6.07, 6.45) is 5.19. The van der Waals surface area contributed by atoms with Crippen molar-refractivity contribution in [2.75, 3.05) is 0 Å². The second kappa shape index (κ2) is 5.91. The Morgan fingerprint density at radius 2 is 2.07 bits per heavy atom. The molecular formula is C11H15NO2. The lowest BCUT2D eigenvalue weighted by atomic mass is 10.1. The van der Waals surface area contributed by atoms with Gasteiger partial charge in [-0.1, -0.05) is 31.7 Å². The molecule has 0 aliphatic carbocycles. The molecule has 0 heterocycles. The third-order valence-electron chi connectivity index (χ3n) is 1.91. The van der Waals surface area contributed by atoms with Gasteiger partial charge in [-0.25, -0.2) is 0 Å². The van der Waals surface area contributed by atoms with Crippen LogP contribution in [0.4, 0.5) is 0 Å². The van der Waals surface area contributed by atoms with E-state index >= 15 is 0 Å². The van der Waals surface area contributed by atoms with Crippen molar-refractivity contribution >= 4 is 0 Å². The van der Waals surface area contributed by atoms with Crippen molar-refractivity contribution in [3.63, 3.8) is 0 Å². The Labute approximate surface area is 84.3 Å². The van der Waals surface area contributed by atoms with E-state index in [0.717, 1.165) is 17.6 Å². The normalized spacial score (nSPS) is 12.4. The number of rotatable bonds is 5. The summed E-state index contributed by atoms with van der Waals surface area (Å²) < 4.78 is 0. The fourth-order valence-electron chi connectivity index (χ4n) is 0.811. The van der Waals surface area contributed by atoms with Gasteiger partial charge < -0.3 is 0 Å². The van der Waals surface area contributed by atoms with Crippen LogP contribution in [0.15, 0.2) is 48.2 Å². The second-order valence-corrected chi connectivity index (χ2v) is 2.86. The first-order chi connectivity index (χ1) is 6.52. The van der Waals surface area contributed by atoms with Gasteiger partial charge in [-0.15, -0.1) is 0 Å². The van der Waals surface area contributed by atoms with E-state index in [9.17, 15) is 10.1 Å². The van der Waals surface area contributed by atoms with Gasteiger partial charge in [-0.3, -0.25) is 10.1 Å². The van der Waals surface area contributed by atoms with Crippen LogP contribution in [0, 0.1) is 10.1 Å². The first-order valence-electron chi connectivity index (χ1n) is 4.36. The SMILES string of the molecule is C=C/C(=C\C=C(\C)C(=C)CC)[N+](=O)[O-]. The van der Waals surface area contributed by atoms with Crippen LogP contribution in [0.1, 0.15) is 20.3 Å². The maximum atomic E-state index is 10.4. The summed E-state index contributed by atoms with van der Waals surface area (Å²) in [6.45, 7) is 11.1. The molecule has 0 bridgehead atoms. The maximum Gasteiger partial charge on any atom is 0.268 e. The summed E-state index contributed by atoms with van der Waals surface area (Å²) in [5.74, 6) is 0. The molecule has 0 saturated carbocycles. The third kappa shape index (κ3) is 3.85. The Hall–Kier alpha value is -1.64. The van der Waals surface area contributed by atoms with Crippen LogP contribution in [0.2, 0.25) is 0 Å². The van der Waals surface area contributed by atoms with Gasteiger partial charge in [-0.05, 0) is 18.9 Å². The molecule has 14 heavy (non-hydrogen) atoms. The number of allylic oxidation sites excluding steroid dienone is 5.